The lowest BCUT2D eigenvalue weighted by Gasteiger charge is -2.14. The van der Waals surface area contributed by atoms with Crippen molar-refractivity contribution in [2.24, 2.45) is 5.92 Å². The summed E-state index contributed by atoms with van der Waals surface area (Å²) in [6.07, 6.45) is 0.896. The molecular formula is C22H32O4. The van der Waals surface area contributed by atoms with Crippen molar-refractivity contribution in [2.75, 3.05) is 0 Å². The predicted molar refractivity (Wildman–Crippen MR) is 108 cm³/mol. The molecule has 0 amide bonds. The summed E-state index contributed by atoms with van der Waals surface area (Å²) in [7, 11) is 0. The lowest BCUT2D eigenvalue weighted by Crippen LogP contribution is -2.16. The number of benzene rings is 2. The Morgan fingerprint density at radius 2 is 1.46 bits per heavy atom. The Morgan fingerprint density at radius 3 is 1.85 bits per heavy atom. The number of phenols is 2. The number of carbonyl (C=O) groups excluding carboxylic acids is 1. The Hall–Kier alpha value is -2.49. The summed E-state index contributed by atoms with van der Waals surface area (Å²) in [4.78, 5) is 11.0. The van der Waals surface area contributed by atoms with Crippen molar-refractivity contribution in [3.05, 3.63) is 48.6 Å². The maximum atomic E-state index is 11.0. The number of rotatable bonds is 4. The molecule has 0 heterocycles. The zero-order valence-corrected chi connectivity index (χ0v) is 16.7. The molecule has 0 radical (unpaired) electrons. The summed E-state index contributed by atoms with van der Waals surface area (Å²) < 4.78 is 5.08. The smallest absolute Gasteiger partial charge is 0.333 e. The molecule has 2 aromatic rings. The van der Waals surface area contributed by atoms with Crippen molar-refractivity contribution >= 4 is 16.7 Å². The second kappa shape index (κ2) is 12.0. The monoisotopic (exact) mass is 360 g/mol. The zero-order chi connectivity index (χ0) is 20.3. The van der Waals surface area contributed by atoms with E-state index in [1.54, 1.807) is 31.2 Å². The average molecular weight is 360 g/mol. The molecular weight excluding hydrogens is 328 g/mol. The molecule has 0 fully saturated rings. The van der Waals surface area contributed by atoms with Crippen LogP contribution in [0.5, 0.6) is 11.5 Å². The molecule has 0 aromatic heterocycles. The van der Waals surface area contributed by atoms with E-state index in [0.717, 1.165) is 17.2 Å². The minimum absolute atomic E-state index is 0.00537. The summed E-state index contributed by atoms with van der Waals surface area (Å²) in [5.74, 6) is 0.697. The summed E-state index contributed by atoms with van der Waals surface area (Å²) in [5.41, 5.74) is 0.464. The molecule has 0 aliphatic carbocycles. The van der Waals surface area contributed by atoms with E-state index in [1.807, 2.05) is 32.9 Å². The molecule has 0 saturated heterocycles. The summed E-state index contributed by atoms with van der Waals surface area (Å²) in [6, 6.07) is 10.1. The van der Waals surface area contributed by atoms with Crippen LogP contribution < -0.4 is 0 Å². The van der Waals surface area contributed by atoms with Crippen molar-refractivity contribution in [1.29, 1.82) is 0 Å². The molecule has 1 unspecified atom stereocenters. The molecule has 144 valence electrons. The largest absolute Gasteiger partial charge is 0.508 e. The van der Waals surface area contributed by atoms with Gasteiger partial charge in [0.25, 0.3) is 0 Å². The number of hydrogen-bond acceptors (Lipinski definition) is 4. The molecule has 2 aromatic carbocycles. The fourth-order valence-corrected chi connectivity index (χ4v) is 2.22. The molecule has 26 heavy (non-hydrogen) atoms. The van der Waals surface area contributed by atoms with Crippen LogP contribution in [0.1, 0.15) is 48.0 Å². The summed E-state index contributed by atoms with van der Waals surface area (Å²) in [5, 5.41) is 20.1. The molecule has 4 nitrogen and oxygen atoms in total. The van der Waals surface area contributed by atoms with Crippen LogP contribution in [0, 0.1) is 5.92 Å². The van der Waals surface area contributed by atoms with Crippen molar-refractivity contribution < 1.29 is 19.7 Å². The van der Waals surface area contributed by atoms with E-state index >= 15 is 0 Å². The van der Waals surface area contributed by atoms with Gasteiger partial charge in [0.1, 0.15) is 11.5 Å². The van der Waals surface area contributed by atoms with E-state index in [-0.39, 0.29) is 23.6 Å². The highest BCUT2D eigenvalue weighted by Gasteiger charge is 2.10. The molecule has 0 saturated carbocycles. The first kappa shape index (κ1) is 23.5. The van der Waals surface area contributed by atoms with Crippen LogP contribution in [0.4, 0.5) is 0 Å². The maximum absolute atomic E-state index is 11.0. The van der Waals surface area contributed by atoms with Crippen molar-refractivity contribution in [3.63, 3.8) is 0 Å². The highest BCUT2D eigenvalue weighted by molar-refractivity contribution is 5.87. The number of carbonyl (C=O) groups is 1. The van der Waals surface area contributed by atoms with Crippen LogP contribution in [-0.4, -0.2) is 22.3 Å². The maximum Gasteiger partial charge on any atom is 0.333 e. The number of fused-ring (bicyclic) bond motifs is 1. The third-order valence-corrected chi connectivity index (χ3v) is 3.27. The van der Waals surface area contributed by atoms with E-state index < -0.39 is 0 Å². The van der Waals surface area contributed by atoms with Crippen LogP contribution in [0.2, 0.25) is 0 Å². The van der Waals surface area contributed by atoms with Gasteiger partial charge in [0.05, 0.1) is 6.10 Å². The fourth-order valence-electron chi connectivity index (χ4n) is 2.22. The first-order valence-corrected chi connectivity index (χ1v) is 8.97. The number of hydrogen-bond donors (Lipinski definition) is 2. The van der Waals surface area contributed by atoms with Gasteiger partial charge in [-0.15, -0.1) is 0 Å². The number of phenolic OH excluding ortho intramolecular Hbond substituents is 2. The van der Waals surface area contributed by atoms with Crippen LogP contribution in [-0.2, 0) is 9.53 Å². The molecule has 0 aliphatic rings. The van der Waals surface area contributed by atoms with Gasteiger partial charge in [-0.25, -0.2) is 4.79 Å². The predicted octanol–water partition coefficient (Wildman–Crippen LogP) is 5.82. The Kier molecular flexibility index (Phi) is 10.8. The SMILES string of the molecule is C=C(C)C(=O)OC(C)CC(C)C.CC.Oc1ccc2ccc(O)cc2c1. The number of aromatic hydroxyl groups is 2. The lowest BCUT2D eigenvalue weighted by atomic mass is 10.1. The van der Waals surface area contributed by atoms with Crippen molar-refractivity contribution in [3.8, 4) is 11.5 Å². The van der Waals surface area contributed by atoms with Gasteiger partial charge < -0.3 is 14.9 Å². The minimum atomic E-state index is -0.289. The lowest BCUT2D eigenvalue weighted by molar-refractivity contribution is -0.143. The Morgan fingerprint density at radius 1 is 1.00 bits per heavy atom. The van der Waals surface area contributed by atoms with Gasteiger partial charge >= 0.3 is 5.97 Å². The topological polar surface area (TPSA) is 66.8 Å². The average Bonchev–Trinajstić information content (AvgIpc) is 2.55. The first-order valence-electron chi connectivity index (χ1n) is 8.97. The molecule has 2 rings (SSSR count). The second-order valence-corrected chi connectivity index (χ2v) is 6.34. The van der Waals surface area contributed by atoms with Crippen LogP contribution in [0.25, 0.3) is 10.8 Å². The molecule has 1 atom stereocenters. The van der Waals surface area contributed by atoms with Crippen LogP contribution in [0.15, 0.2) is 48.6 Å². The van der Waals surface area contributed by atoms with Gasteiger partial charge in [0.2, 0.25) is 0 Å². The van der Waals surface area contributed by atoms with Gasteiger partial charge in [-0.3, -0.25) is 0 Å². The normalized spacial score (nSPS) is 10.9. The van der Waals surface area contributed by atoms with Gasteiger partial charge in [-0.05, 0) is 61.2 Å². The molecule has 4 heteroatoms. The van der Waals surface area contributed by atoms with Crippen LogP contribution in [0.3, 0.4) is 0 Å². The third kappa shape index (κ3) is 9.11. The third-order valence-electron chi connectivity index (χ3n) is 3.27. The van der Waals surface area contributed by atoms with Crippen molar-refractivity contribution in [1.82, 2.24) is 0 Å². The fraction of sp³-hybridized carbons (Fsp3) is 0.409. The Balaban J connectivity index is 0.000000439. The quantitative estimate of drug-likeness (QED) is 0.533. The van der Waals surface area contributed by atoms with E-state index in [9.17, 15) is 4.79 Å². The number of ether oxygens (including phenoxy) is 1. The van der Waals surface area contributed by atoms with E-state index in [0.29, 0.717) is 11.5 Å². The van der Waals surface area contributed by atoms with Crippen molar-refractivity contribution in [2.45, 2.75) is 54.1 Å². The van der Waals surface area contributed by atoms with Gasteiger partial charge in [0, 0.05) is 5.57 Å². The highest BCUT2D eigenvalue weighted by atomic mass is 16.5. The molecule has 2 N–H and O–H groups in total. The minimum Gasteiger partial charge on any atom is -0.508 e. The van der Waals surface area contributed by atoms with Gasteiger partial charge in [0.15, 0.2) is 0 Å². The standard InChI is InChI=1S/C10H8O2.C10H18O2.C2H6/c11-9-3-1-7-2-4-10(12)6-8(7)5-9;1-7(2)6-9(5)12-10(11)8(3)4;1-2/h1-6,11-12H;7,9H,3,6H2,1-2,4-5H3;1-2H3. The zero-order valence-electron chi connectivity index (χ0n) is 16.7. The Labute approximate surface area is 157 Å². The molecule has 0 spiro atoms. The second-order valence-electron chi connectivity index (χ2n) is 6.34. The van der Waals surface area contributed by atoms with Crippen LogP contribution >= 0.6 is 0 Å². The van der Waals surface area contributed by atoms with Gasteiger partial charge in [-0.2, -0.15) is 0 Å². The molecule has 0 bridgehead atoms. The Bertz CT molecular complexity index is 668. The first-order chi connectivity index (χ1) is 12.2. The van der Waals surface area contributed by atoms with E-state index in [2.05, 4.69) is 20.4 Å². The highest BCUT2D eigenvalue weighted by Crippen LogP contribution is 2.23. The molecule has 0 aliphatic heterocycles. The summed E-state index contributed by atoms with van der Waals surface area (Å²) in [6.45, 7) is 15.3. The number of esters is 1. The summed E-state index contributed by atoms with van der Waals surface area (Å²) >= 11 is 0. The van der Waals surface area contributed by atoms with E-state index in [4.69, 9.17) is 14.9 Å². The van der Waals surface area contributed by atoms with Gasteiger partial charge in [-0.1, -0.05) is 46.4 Å². The van der Waals surface area contributed by atoms with E-state index in [1.165, 1.54) is 0 Å².